The van der Waals surface area contributed by atoms with Crippen LogP contribution in [0.4, 0.5) is 24.7 Å². The van der Waals surface area contributed by atoms with Crippen molar-refractivity contribution in [1.82, 2.24) is 4.98 Å². The van der Waals surface area contributed by atoms with E-state index in [9.17, 15) is 18.0 Å². The maximum Gasteiger partial charge on any atom is 0.416 e. The van der Waals surface area contributed by atoms with E-state index in [1.807, 2.05) is 25.1 Å². The monoisotopic (exact) mass is 337 g/mol. The lowest BCUT2D eigenvalue weighted by Gasteiger charge is -2.19. The van der Waals surface area contributed by atoms with Crippen LogP contribution >= 0.6 is 0 Å². The first-order valence-electron chi connectivity index (χ1n) is 7.43. The highest BCUT2D eigenvalue weighted by atomic mass is 19.4. The SMILES string of the molecule is CCc1ccccc1NC(=O)CN(C)c1cc(C(F)(F)F)ccn1. The van der Waals surface area contributed by atoms with Crippen molar-refractivity contribution in [2.24, 2.45) is 0 Å². The Morgan fingerprint density at radius 2 is 1.96 bits per heavy atom. The zero-order valence-corrected chi connectivity index (χ0v) is 13.4. The minimum absolute atomic E-state index is 0.0868. The van der Waals surface area contributed by atoms with Crippen molar-refractivity contribution >= 4 is 17.4 Å². The highest BCUT2D eigenvalue weighted by Gasteiger charge is 2.31. The predicted molar refractivity (Wildman–Crippen MR) is 87.0 cm³/mol. The van der Waals surface area contributed by atoms with E-state index in [1.54, 1.807) is 6.07 Å². The number of halogens is 3. The Kier molecular flexibility index (Phi) is 5.43. The van der Waals surface area contributed by atoms with Crippen molar-refractivity contribution in [3.63, 3.8) is 0 Å². The van der Waals surface area contributed by atoms with Gasteiger partial charge in [-0.3, -0.25) is 4.79 Å². The molecule has 1 heterocycles. The quantitative estimate of drug-likeness (QED) is 0.904. The zero-order chi connectivity index (χ0) is 17.7. The van der Waals surface area contributed by atoms with Gasteiger partial charge in [-0.05, 0) is 30.2 Å². The first kappa shape index (κ1) is 17.8. The number of rotatable bonds is 5. The molecule has 0 aliphatic carbocycles. The lowest BCUT2D eigenvalue weighted by atomic mass is 10.1. The third-order valence-corrected chi connectivity index (χ3v) is 3.52. The predicted octanol–water partition coefficient (Wildman–Crippen LogP) is 3.74. The molecule has 0 unspecified atom stereocenters. The van der Waals surface area contributed by atoms with Crippen molar-refractivity contribution in [3.05, 3.63) is 53.7 Å². The first-order chi connectivity index (χ1) is 11.3. The molecule has 0 saturated carbocycles. The van der Waals surface area contributed by atoms with Gasteiger partial charge < -0.3 is 10.2 Å². The number of nitrogens with zero attached hydrogens (tertiary/aromatic N) is 2. The fourth-order valence-corrected chi connectivity index (χ4v) is 2.24. The molecule has 7 heteroatoms. The van der Waals surface area contributed by atoms with E-state index in [0.717, 1.165) is 30.3 Å². The number of aromatic nitrogens is 1. The molecule has 0 radical (unpaired) electrons. The van der Waals surface area contributed by atoms with Gasteiger partial charge in [-0.2, -0.15) is 13.2 Å². The largest absolute Gasteiger partial charge is 0.416 e. The van der Waals surface area contributed by atoms with Crippen LogP contribution in [0.25, 0.3) is 0 Å². The van der Waals surface area contributed by atoms with E-state index in [1.165, 1.54) is 11.9 Å². The Hall–Kier alpha value is -2.57. The van der Waals surface area contributed by atoms with Crippen molar-refractivity contribution in [1.29, 1.82) is 0 Å². The number of carbonyl (C=O) groups excluding carboxylic acids is 1. The van der Waals surface area contributed by atoms with Gasteiger partial charge >= 0.3 is 6.18 Å². The normalized spacial score (nSPS) is 11.2. The molecule has 1 aromatic heterocycles. The number of carbonyl (C=O) groups is 1. The Bertz CT molecular complexity index is 716. The van der Waals surface area contributed by atoms with Crippen LogP contribution < -0.4 is 10.2 Å². The summed E-state index contributed by atoms with van der Waals surface area (Å²) in [5.74, 6) is -0.235. The number of anilines is 2. The van der Waals surface area contributed by atoms with Gasteiger partial charge in [0, 0.05) is 18.9 Å². The molecule has 4 nitrogen and oxygen atoms in total. The van der Waals surface area contributed by atoms with Crippen LogP contribution in [0.15, 0.2) is 42.6 Å². The van der Waals surface area contributed by atoms with Gasteiger partial charge in [0.2, 0.25) is 5.91 Å². The summed E-state index contributed by atoms with van der Waals surface area (Å²) >= 11 is 0. The molecule has 1 N–H and O–H groups in total. The summed E-state index contributed by atoms with van der Waals surface area (Å²) in [6.07, 6.45) is -2.60. The van der Waals surface area contributed by atoms with E-state index < -0.39 is 11.7 Å². The molecule has 0 bridgehead atoms. The van der Waals surface area contributed by atoms with E-state index in [2.05, 4.69) is 10.3 Å². The van der Waals surface area contributed by atoms with Crippen molar-refractivity contribution in [2.75, 3.05) is 23.8 Å². The molecule has 0 aliphatic heterocycles. The molecule has 2 rings (SSSR count). The van der Waals surface area contributed by atoms with Crippen molar-refractivity contribution in [3.8, 4) is 0 Å². The van der Waals surface area contributed by atoms with Crippen LogP contribution in [0, 0.1) is 0 Å². The molecule has 0 spiro atoms. The molecular formula is C17H18F3N3O. The van der Waals surface area contributed by atoms with Gasteiger partial charge in [0.05, 0.1) is 12.1 Å². The summed E-state index contributed by atoms with van der Waals surface area (Å²) < 4.78 is 38.2. The molecule has 0 saturated heterocycles. The summed E-state index contributed by atoms with van der Waals surface area (Å²) in [5, 5.41) is 2.78. The van der Waals surface area contributed by atoms with Crippen LogP contribution in [-0.4, -0.2) is 24.5 Å². The standard InChI is InChI=1S/C17H18F3N3O/c1-3-12-6-4-5-7-14(12)22-16(24)11-23(2)15-10-13(8-9-21-15)17(18,19)20/h4-10H,3,11H2,1-2H3,(H,22,24). The zero-order valence-electron chi connectivity index (χ0n) is 13.4. The lowest BCUT2D eigenvalue weighted by Crippen LogP contribution is -2.31. The smallest absolute Gasteiger partial charge is 0.350 e. The minimum atomic E-state index is -4.44. The topological polar surface area (TPSA) is 45.2 Å². The number of hydrogen-bond donors (Lipinski definition) is 1. The maximum atomic E-state index is 12.7. The summed E-state index contributed by atoms with van der Waals surface area (Å²) in [7, 11) is 1.52. The molecule has 128 valence electrons. The van der Waals surface area contributed by atoms with Crippen LogP contribution in [0.2, 0.25) is 0 Å². The summed E-state index contributed by atoms with van der Waals surface area (Å²) in [6.45, 7) is 1.87. The molecule has 0 atom stereocenters. The second-order valence-electron chi connectivity index (χ2n) is 5.32. The fraction of sp³-hybridized carbons (Fsp3) is 0.294. The molecule has 1 amide bonds. The second-order valence-corrected chi connectivity index (χ2v) is 5.32. The first-order valence-corrected chi connectivity index (χ1v) is 7.43. The Labute approximate surface area is 138 Å². The minimum Gasteiger partial charge on any atom is -0.350 e. The Balaban J connectivity index is 2.06. The number of benzene rings is 1. The van der Waals surface area contributed by atoms with Gasteiger partial charge in [0.15, 0.2) is 0 Å². The third kappa shape index (κ3) is 4.47. The number of nitrogens with one attached hydrogen (secondary N) is 1. The van der Waals surface area contributed by atoms with Gasteiger partial charge in [-0.25, -0.2) is 4.98 Å². The fourth-order valence-electron chi connectivity index (χ4n) is 2.24. The number of likely N-dealkylation sites (N-methyl/N-ethyl adjacent to an activating group) is 1. The molecular weight excluding hydrogens is 319 g/mol. The molecule has 24 heavy (non-hydrogen) atoms. The van der Waals surface area contributed by atoms with E-state index in [-0.39, 0.29) is 18.3 Å². The van der Waals surface area contributed by atoms with E-state index in [4.69, 9.17) is 0 Å². The second kappa shape index (κ2) is 7.33. The van der Waals surface area contributed by atoms with Crippen LogP contribution in [0.5, 0.6) is 0 Å². The number of hydrogen-bond acceptors (Lipinski definition) is 3. The summed E-state index contributed by atoms with van der Waals surface area (Å²) in [6, 6.07) is 9.22. The average Bonchev–Trinajstić information content (AvgIpc) is 2.54. The van der Waals surface area contributed by atoms with Gasteiger partial charge in [0.1, 0.15) is 5.82 Å². The number of amides is 1. The van der Waals surface area contributed by atoms with Gasteiger partial charge in [-0.15, -0.1) is 0 Å². The summed E-state index contributed by atoms with van der Waals surface area (Å²) in [5.41, 5.74) is 0.900. The van der Waals surface area contributed by atoms with Crippen molar-refractivity contribution < 1.29 is 18.0 Å². The van der Waals surface area contributed by atoms with E-state index in [0.29, 0.717) is 5.69 Å². The highest BCUT2D eigenvalue weighted by molar-refractivity contribution is 5.94. The molecule has 0 aliphatic rings. The number of alkyl halides is 3. The van der Waals surface area contributed by atoms with Gasteiger partial charge in [0.25, 0.3) is 0 Å². The summed E-state index contributed by atoms with van der Waals surface area (Å²) in [4.78, 5) is 17.4. The Morgan fingerprint density at radius 1 is 1.25 bits per heavy atom. The third-order valence-electron chi connectivity index (χ3n) is 3.52. The van der Waals surface area contributed by atoms with E-state index >= 15 is 0 Å². The average molecular weight is 337 g/mol. The van der Waals surface area contributed by atoms with Gasteiger partial charge in [-0.1, -0.05) is 25.1 Å². The number of aryl methyl sites for hydroxylation is 1. The lowest BCUT2D eigenvalue weighted by molar-refractivity contribution is -0.137. The maximum absolute atomic E-state index is 12.7. The number of para-hydroxylation sites is 1. The molecule has 0 fully saturated rings. The number of pyridine rings is 1. The van der Waals surface area contributed by atoms with Crippen molar-refractivity contribution in [2.45, 2.75) is 19.5 Å². The highest BCUT2D eigenvalue weighted by Crippen LogP contribution is 2.30. The Morgan fingerprint density at radius 3 is 2.62 bits per heavy atom. The molecule has 1 aromatic carbocycles. The van der Waals surface area contributed by atoms with Crippen LogP contribution in [0.1, 0.15) is 18.1 Å². The van der Waals surface area contributed by atoms with Crippen LogP contribution in [-0.2, 0) is 17.4 Å². The molecule has 2 aromatic rings. The van der Waals surface area contributed by atoms with Crippen LogP contribution in [0.3, 0.4) is 0 Å².